The molecule has 7 rings (SSSR count). The fraction of sp³-hybridized carbons (Fsp3) is 0.244. The number of piperidine rings is 1. The average Bonchev–Trinajstić information content (AvgIpc) is 3.48. The lowest BCUT2D eigenvalue weighted by Gasteiger charge is -2.38. The summed E-state index contributed by atoms with van der Waals surface area (Å²) in [6.45, 7) is 2.18. The van der Waals surface area contributed by atoms with Gasteiger partial charge < -0.3 is 24.2 Å². The van der Waals surface area contributed by atoms with Crippen LogP contribution in [0.25, 0.3) is 22.2 Å². The van der Waals surface area contributed by atoms with E-state index < -0.39 is 5.60 Å². The Labute approximate surface area is 291 Å². The Balaban J connectivity index is 1.07. The first-order valence-electron chi connectivity index (χ1n) is 16.9. The molecular weight excluding hydrogens is 628 g/mol. The van der Waals surface area contributed by atoms with Crippen molar-refractivity contribution in [1.82, 2.24) is 14.8 Å². The molecule has 0 saturated carbocycles. The lowest BCUT2D eigenvalue weighted by atomic mass is 9.88. The Hall–Kier alpha value is -5.67. The van der Waals surface area contributed by atoms with Crippen molar-refractivity contribution in [3.05, 3.63) is 138 Å². The normalized spacial score (nSPS) is 14.0. The third-order valence-corrected chi connectivity index (χ3v) is 9.15. The van der Waals surface area contributed by atoms with Gasteiger partial charge in [0.1, 0.15) is 25.5 Å². The monoisotopic (exact) mass is 668 g/mol. The van der Waals surface area contributed by atoms with E-state index in [4.69, 9.17) is 24.3 Å². The van der Waals surface area contributed by atoms with Crippen LogP contribution >= 0.6 is 0 Å². The summed E-state index contributed by atoms with van der Waals surface area (Å²) in [6.07, 6.45) is 0.916. The summed E-state index contributed by atoms with van der Waals surface area (Å²) < 4.78 is 19.7. The molecule has 254 valence electrons. The van der Waals surface area contributed by atoms with E-state index in [1.807, 2.05) is 115 Å². The van der Waals surface area contributed by atoms with Gasteiger partial charge in [-0.15, -0.1) is 0 Å². The summed E-state index contributed by atoms with van der Waals surface area (Å²) in [4.78, 5) is 19.6. The van der Waals surface area contributed by atoms with Crippen molar-refractivity contribution in [2.75, 3.05) is 18.0 Å². The van der Waals surface area contributed by atoms with Crippen molar-refractivity contribution < 1.29 is 24.1 Å². The largest absolute Gasteiger partial charge is 0.473 e. The molecule has 1 fully saturated rings. The van der Waals surface area contributed by atoms with Gasteiger partial charge in [-0.25, -0.2) is 0 Å². The first-order chi connectivity index (χ1) is 24.4. The molecule has 1 aliphatic rings. The minimum atomic E-state index is -1.09. The molecule has 0 aliphatic carbocycles. The van der Waals surface area contributed by atoms with E-state index in [1.54, 1.807) is 0 Å². The zero-order chi connectivity index (χ0) is 34.3. The number of ether oxygens (including phenoxy) is 3. The van der Waals surface area contributed by atoms with Crippen LogP contribution in [0.5, 0.6) is 11.8 Å². The maximum atomic E-state index is 12.6. The molecule has 0 atom stereocenters. The number of rotatable bonds is 12. The fourth-order valence-corrected chi connectivity index (χ4v) is 6.31. The predicted molar refractivity (Wildman–Crippen MR) is 193 cm³/mol. The van der Waals surface area contributed by atoms with Crippen LogP contribution in [0.2, 0.25) is 0 Å². The Morgan fingerprint density at radius 2 is 1.36 bits per heavy atom. The van der Waals surface area contributed by atoms with Gasteiger partial charge in [0, 0.05) is 37.3 Å². The van der Waals surface area contributed by atoms with Gasteiger partial charge >= 0.3 is 5.97 Å². The van der Waals surface area contributed by atoms with Crippen molar-refractivity contribution >= 4 is 22.6 Å². The Bertz CT molecular complexity index is 2040. The summed E-state index contributed by atoms with van der Waals surface area (Å²) in [7, 11) is 1.93. The Morgan fingerprint density at radius 3 is 2.00 bits per heavy atom. The number of benzene rings is 4. The van der Waals surface area contributed by atoms with Crippen LogP contribution in [0.15, 0.2) is 121 Å². The number of nitrogens with zero attached hydrogens (tertiary/aromatic N) is 4. The smallest absolute Gasteiger partial charge is 0.309 e. The third kappa shape index (κ3) is 7.79. The molecule has 0 radical (unpaired) electrons. The van der Waals surface area contributed by atoms with E-state index >= 15 is 0 Å². The third-order valence-electron chi connectivity index (χ3n) is 9.15. The second-order valence-corrected chi connectivity index (χ2v) is 12.8. The van der Waals surface area contributed by atoms with Crippen molar-refractivity contribution in [2.45, 2.75) is 44.7 Å². The van der Waals surface area contributed by atoms with E-state index in [0.717, 1.165) is 44.5 Å². The Kier molecular flexibility index (Phi) is 9.75. The number of fused-ring (bicyclic) bond motifs is 1. The van der Waals surface area contributed by atoms with E-state index in [2.05, 4.69) is 23.1 Å². The number of aryl methyl sites for hydroxylation is 1. The topological polar surface area (TPSA) is 98.9 Å². The van der Waals surface area contributed by atoms with Crippen LogP contribution in [0.4, 0.5) is 5.69 Å². The first kappa shape index (κ1) is 32.9. The molecule has 2 aromatic heterocycles. The van der Waals surface area contributed by atoms with Gasteiger partial charge in [-0.3, -0.25) is 9.48 Å². The van der Waals surface area contributed by atoms with Gasteiger partial charge in [-0.2, -0.15) is 10.1 Å². The number of aliphatic hydroxyl groups is 1. The zero-order valence-electron chi connectivity index (χ0n) is 28.1. The summed E-state index contributed by atoms with van der Waals surface area (Å²) >= 11 is 0. The standard InChI is InChI=1S/C41H40N4O5/c1-44-36-25-33(45-23-21-41(47,22-24-45)26-38(46)49-28-31-13-7-3-8-14-31)17-18-34(36)39(43-44)35-19-20-37(48-27-30-11-5-2-6-12-30)42-40(35)50-29-32-15-9-4-10-16-32/h2-20,25,47H,21-24,26-29H2,1H3. The number of aromatic nitrogens is 3. The van der Waals surface area contributed by atoms with Crippen molar-refractivity contribution in [1.29, 1.82) is 0 Å². The molecule has 0 bridgehead atoms. The minimum Gasteiger partial charge on any atom is -0.473 e. The van der Waals surface area contributed by atoms with E-state index in [0.29, 0.717) is 50.9 Å². The van der Waals surface area contributed by atoms with Crippen molar-refractivity contribution in [3.63, 3.8) is 0 Å². The van der Waals surface area contributed by atoms with Gasteiger partial charge in [-0.05, 0) is 53.8 Å². The van der Waals surface area contributed by atoms with Gasteiger partial charge in [-0.1, -0.05) is 91.0 Å². The second-order valence-electron chi connectivity index (χ2n) is 12.8. The molecule has 3 heterocycles. The number of hydrogen-bond donors (Lipinski definition) is 1. The first-order valence-corrected chi connectivity index (χ1v) is 16.9. The molecule has 6 aromatic rings. The lowest BCUT2D eigenvalue weighted by Crippen LogP contribution is -2.45. The summed E-state index contributed by atoms with van der Waals surface area (Å²) in [5.74, 6) is 0.532. The summed E-state index contributed by atoms with van der Waals surface area (Å²) in [5, 5.41) is 17.1. The highest BCUT2D eigenvalue weighted by Crippen LogP contribution is 2.37. The van der Waals surface area contributed by atoms with Crippen LogP contribution in [0, 0.1) is 0 Å². The maximum Gasteiger partial charge on any atom is 0.309 e. The van der Waals surface area contributed by atoms with Gasteiger partial charge in [0.15, 0.2) is 0 Å². The van der Waals surface area contributed by atoms with Crippen LogP contribution in [0.1, 0.15) is 36.0 Å². The van der Waals surface area contributed by atoms with Gasteiger partial charge in [0.2, 0.25) is 11.8 Å². The lowest BCUT2D eigenvalue weighted by molar-refractivity contribution is -0.151. The minimum absolute atomic E-state index is 0.0173. The van der Waals surface area contributed by atoms with E-state index in [1.165, 1.54) is 0 Å². The van der Waals surface area contributed by atoms with E-state index in [9.17, 15) is 9.90 Å². The molecule has 1 aliphatic heterocycles. The van der Waals surface area contributed by atoms with Crippen LogP contribution in [-0.4, -0.2) is 44.5 Å². The van der Waals surface area contributed by atoms with Crippen LogP contribution < -0.4 is 14.4 Å². The molecule has 9 nitrogen and oxygen atoms in total. The number of pyridine rings is 1. The predicted octanol–water partition coefficient (Wildman–Crippen LogP) is 7.26. The van der Waals surface area contributed by atoms with Crippen LogP contribution in [0.3, 0.4) is 0 Å². The molecule has 1 saturated heterocycles. The van der Waals surface area contributed by atoms with Crippen molar-refractivity contribution in [3.8, 4) is 23.0 Å². The SMILES string of the molecule is Cn1nc(-c2ccc(OCc3ccccc3)nc2OCc2ccccc2)c2ccc(N3CCC(O)(CC(=O)OCc4ccccc4)CC3)cc21. The molecule has 1 N–H and O–H groups in total. The molecule has 4 aromatic carbocycles. The molecule has 0 unspecified atom stereocenters. The Morgan fingerprint density at radius 1 is 0.760 bits per heavy atom. The number of anilines is 1. The quantitative estimate of drug-likeness (QED) is 0.136. The number of esters is 1. The highest BCUT2D eigenvalue weighted by molar-refractivity contribution is 5.96. The van der Waals surface area contributed by atoms with Gasteiger partial charge in [0.25, 0.3) is 0 Å². The van der Waals surface area contributed by atoms with E-state index in [-0.39, 0.29) is 19.0 Å². The molecule has 9 heteroatoms. The average molecular weight is 669 g/mol. The molecule has 50 heavy (non-hydrogen) atoms. The zero-order valence-corrected chi connectivity index (χ0v) is 28.1. The van der Waals surface area contributed by atoms with Gasteiger partial charge in [0.05, 0.1) is 23.1 Å². The number of hydrogen-bond acceptors (Lipinski definition) is 8. The second kappa shape index (κ2) is 14.8. The summed E-state index contributed by atoms with van der Waals surface area (Å²) in [5.41, 5.74) is 5.45. The molecule has 0 spiro atoms. The highest BCUT2D eigenvalue weighted by Gasteiger charge is 2.35. The van der Waals surface area contributed by atoms with Crippen molar-refractivity contribution in [2.24, 2.45) is 7.05 Å². The number of carbonyl (C=O) groups is 1. The highest BCUT2D eigenvalue weighted by atomic mass is 16.5. The van der Waals surface area contributed by atoms with Crippen LogP contribution in [-0.2, 0) is 36.4 Å². The molecular formula is C41H40N4O5. The maximum absolute atomic E-state index is 12.6. The summed E-state index contributed by atoms with van der Waals surface area (Å²) in [6, 6.07) is 39.6. The molecule has 0 amide bonds. The fourth-order valence-electron chi connectivity index (χ4n) is 6.31. The number of carbonyl (C=O) groups excluding carboxylic acids is 1.